The Labute approximate surface area is 118 Å². The fourth-order valence-electron chi connectivity index (χ4n) is 1.88. The van der Waals surface area contributed by atoms with Crippen molar-refractivity contribution in [1.82, 2.24) is 4.31 Å². The van der Waals surface area contributed by atoms with Gasteiger partial charge in [-0.05, 0) is 29.8 Å². The summed E-state index contributed by atoms with van der Waals surface area (Å²) in [6, 6.07) is 12.8. The molecule has 0 unspecified atom stereocenters. The minimum atomic E-state index is -3.65. The second-order valence-corrected chi connectivity index (χ2v) is 6.48. The fourth-order valence-corrected chi connectivity index (χ4v) is 3.15. The molecule has 5 nitrogen and oxygen atoms in total. The summed E-state index contributed by atoms with van der Waals surface area (Å²) in [7, 11) is -2.18. The second-order valence-electron chi connectivity index (χ2n) is 4.47. The van der Waals surface area contributed by atoms with Gasteiger partial charge < -0.3 is 10.8 Å². The van der Waals surface area contributed by atoms with Gasteiger partial charge in [0.15, 0.2) is 0 Å². The molecule has 0 aliphatic rings. The molecule has 0 aliphatic heterocycles. The van der Waals surface area contributed by atoms with Crippen molar-refractivity contribution in [3.05, 3.63) is 54.1 Å². The first-order valence-electron chi connectivity index (χ1n) is 6.00. The van der Waals surface area contributed by atoms with Crippen LogP contribution in [0, 0.1) is 0 Å². The molecule has 0 amide bonds. The van der Waals surface area contributed by atoms with E-state index in [2.05, 4.69) is 0 Å². The number of phenols is 1. The van der Waals surface area contributed by atoms with Gasteiger partial charge in [-0.3, -0.25) is 0 Å². The number of phenolic OH excluding ortho intramolecular Hbond substituents is 1. The summed E-state index contributed by atoms with van der Waals surface area (Å²) < 4.78 is 26.1. The SMILES string of the molecule is CN(Cc1cccc(O)c1)S(=O)(=O)c1ccccc1N. The average molecular weight is 292 g/mol. The third-order valence-corrected chi connectivity index (χ3v) is 4.80. The van der Waals surface area contributed by atoms with Crippen LogP contribution in [0.5, 0.6) is 5.75 Å². The molecule has 0 saturated carbocycles. The van der Waals surface area contributed by atoms with Gasteiger partial charge in [0.1, 0.15) is 10.6 Å². The van der Waals surface area contributed by atoms with Gasteiger partial charge in [-0.2, -0.15) is 4.31 Å². The molecule has 0 aromatic heterocycles. The molecule has 20 heavy (non-hydrogen) atoms. The number of hydrogen-bond acceptors (Lipinski definition) is 4. The number of para-hydroxylation sites is 1. The van der Waals surface area contributed by atoms with Crippen LogP contribution in [0.1, 0.15) is 5.56 Å². The van der Waals surface area contributed by atoms with E-state index in [1.165, 1.54) is 29.6 Å². The maximum absolute atomic E-state index is 12.4. The zero-order valence-corrected chi connectivity index (χ0v) is 11.8. The molecule has 2 aromatic carbocycles. The van der Waals surface area contributed by atoms with Crippen molar-refractivity contribution in [1.29, 1.82) is 0 Å². The van der Waals surface area contributed by atoms with Crippen molar-refractivity contribution in [3.8, 4) is 5.75 Å². The maximum Gasteiger partial charge on any atom is 0.245 e. The Hall–Kier alpha value is -2.05. The molecular formula is C14H16N2O3S. The van der Waals surface area contributed by atoms with E-state index in [-0.39, 0.29) is 22.9 Å². The van der Waals surface area contributed by atoms with Gasteiger partial charge in [-0.15, -0.1) is 0 Å². The molecule has 2 aromatic rings. The quantitative estimate of drug-likeness (QED) is 0.842. The van der Waals surface area contributed by atoms with E-state index >= 15 is 0 Å². The van der Waals surface area contributed by atoms with Crippen molar-refractivity contribution >= 4 is 15.7 Å². The van der Waals surface area contributed by atoms with Gasteiger partial charge in [0.2, 0.25) is 10.0 Å². The molecule has 0 aliphatic carbocycles. The Morgan fingerprint density at radius 2 is 1.85 bits per heavy atom. The number of nitrogen functional groups attached to an aromatic ring is 1. The molecule has 6 heteroatoms. The summed E-state index contributed by atoms with van der Waals surface area (Å²) in [5, 5.41) is 9.40. The summed E-state index contributed by atoms with van der Waals surface area (Å²) in [4.78, 5) is 0.0858. The highest BCUT2D eigenvalue weighted by Gasteiger charge is 2.22. The van der Waals surface area contributed by atoms with E-state index in [4.69, 9.17) is 5.73 Å². The van der Waals surface area contributed by atoms with E-state index in [1.807, 2.05) is 0 Å². The predicted molar refractivity (Wildman–Crippen MR) is 77.6 cm³/mol. The van der Waals surface area contributed by atoms with Gasteiger partial charge in [-0.25, -0.2) is 8.42 Å². The Bertz CT molecular complexity index is 714. The first kappa shape index (κ1) is 14.4. The van der Waals surface area contributed by atoms with Crippen molar-refractivity contribution < 1.29 is 13.5 Å². The van der Waals surface area contributed by atoms with Crippen LogP contribution >= 0.6 is 0 Å². The number of benzene rings is 2. The van der Waals surface area contributed by atoms with E-state index in [0.29, 0.717) is 5.56 Å². The third-order valence-electron chi connectivity index (χ3n) is 2.92. The van der Waals surface area contributed by atoms with Gasteiger partial charge in [0.25, 0.3) is 0 Å². The second kappa shape index (κ2) is 5.52. The highest BCUT2D eigenvalue weighted by molar-refractivity contribution is 7.89. The van der Waals surface area contributed by atoms with Crippen molar-refractivity contribution in [2.75, 3.05) is 12.8 Å². The van der Waals surface area contributed by atoms with Gasteiger partial charge in [0.05, 0.1) is 5.69 Å². The Morgan fingerprint density at radius 1 is 1.15 bits per heavy atom. The molecule has 0 fully saturated rings. The molecule has 0 bridgehead atoms. The lowest BCUT2D eigenvalue weighted by atomic mass is 10.2. The molecule has 0 radical (unpaired) electrons. The van der Waals surface area contributed by atoms with Crippen molar-refractivity contribution in [2.45, 2.75) is 11.4 Å². The zero-order chi connectivity index (χ0) is 14.8. The number of nitrogens with zero attached hydrogens (tertiary/aromatic N) is 1. The lowest BCUT2D eigenvalue weighted by Crippen LogP contribution is -2.27. The summed E-state index contributed by atoms with van der Waals surface area (Å²) in [6.45, 7) is 0.158. The van der Waals surface area contributed by atoms with Crippen LogP contribution in [0.4, 0.5) is 5.69 Å². The molecule has 3 N–H and O–H groups in total. The molecular weight excluding hydrogens is 276 g/mol. The van der Waals surface area contributed by atoms with Crippen LogP contribution in [-0.2, 0) is 16.6 Å². The van der Waals surface area contributed by atoms with Crippen molar-refractivity contribution in [3.63, 3.8) is 0 Å². The third kappa shape index (κ3) is 2.92. The number of anilines is 1. The monoisotopic (exact) mass is 292 g/mol. The predicted octanol–water partition coefficient (Wildman–Crippen LogP) is 1.80. The molecule has 2 rings (SSSR count). The van der Waals surface area contributed by atoms with E-state index < -0.39 is 10.0 Å². The zero-order valence-electron chi connectivity index (χ0n) is 11.0. The minimum Gasteiger partial charge on any atom is -0.508 e. The van der Waals surface area contributed by atoms with E-state index in [9.17, 15) is 13.5 Å². The fraction of sp³-hybridized carbons (Fsp3) is 0.143. The first-order valence-corrected chi connectivity index (χ1v) is 7.44. The molecule has 0 heterocycles. The highest BCUT2D eigenvalue weighted by atomic mass is 32.2. The van der Waals surface area contributed by atoms with E-state index in [0.717, 1.165) is 0 Å². The van der Waals surface area contributed by atoms with E-state index in [1.54, 1.807) is 30.3 Å². The number of sulfonamides is 1. The summed E-state index contributed by atoms with van der Waals surface area (Å²) in [5.41, 5.74) is 6.63. The first-order chi connectivity index (χ1) is 9.41. The van der Waals surface area contributed by atoms with Crippen LogP contribution in [0.3, 0.4) is 0 Å². The van der Waals surface area contributed by atoms with Crippen LogP contribution in [-0.4, -0.2) is 24.9 Å². The van der Waals surface area contributed by atoms with Crippen LogP contribution in [0.15, 0.2) is 53.4 Å². The van der Waals surface area contributed by atoms with Gasteiger partial charge >= 0.3 is 0 Å². The maximum atomic E-state index is 12.4. The minimum absolute atomic E-state index is 0.0858. The molecule has 0 atom stereocenters. The highest BCUT2D eigenvalue weighted by Crippen LogP contribution is 2.22. The Kier molecular flexibility index (Phi) is 3.96. The topological polar surface area (TPSA) is 83.6 Å². The normalized spacial score (nSPS) is 11.7. The van der Waals surface area contributed by atoms with Gasteiger partial charge in [0, 0.05) is 13.6 Å². The average Bonchev–Trinajstić information content (AvgIpc) is 2.39. The van der Waals surface area contributed by atoms with Gasteiger partial charge in [-0.1, -0.05) is 24.3 Å². The number of hydrogen-bond donors (Lipinski definition) is 2. The van der Waals surface area contributed by atoms with Crippen LogP contribution < -0.4 is 5.73 Å². The molecule has 0 saturated heterocycles. The smallest absolute Gasteiger partial charge is 0.245 e. The molecule has 0 spiro atoms. The molecule has 106 valence electrons. The summed E-state index contributed by atoms with van der Waals surface area (Å²) >= 11 is 0. The number of aromatic hydroxyl groups is 1. The van der Waals surface area contributed by atoms with Crippen LogP contribution in [0.25, 0.3) is 0 Å². The summed E-state index contributed by atoms with van der Waals surface area (Å²) in [6.07, 6.45) is 0. The lowest BCUT2D eigenvalue weighted by molar-refractivity contribution is 0.458. The largest absolute Gasteiger partial charge is 0.508 e. The van der Waals surface area contributed by atoms with Crippen LogP contribution in [0.2, 0.25) is 0 Å². The Balaban J connectivity index is 2.29. The lowest BCUT2D eigenvalue weighted by Gasteiger charge is -2.18. The standard InChI is InChI=1S/C14H16N2O3S/c1-16(10-11-5-4-6-12(17)9-11)20(18,19)14-8-3-2-7-13(14)15/h2-9,17H,10,15H2,1H3. The number of rotatable bonds is 4. The van der Waals surface area contributed by atoms with Crippen molar-refractivity contribution in [2.24, 2.45) is 0 Å². The number of nitrogens with two attached hydrogens (primary N) is 1. The Morgan fingerprint density at radius 3 is 2.50 bits per heavy atom. The summed E-state index contributed by atoms with van der Waals surface area (Å²) in [5.74, 6) is 0.104.